The molecule has 0 radical (unpaired) electrons. The summed E-state index contributed by atoms with van der Waals surface area (Å²) in [7, 11) is 1.86. The third-order valence-corrected chi connectivity index (χ3v) is 6.25. The first-order chi connectivity index (χ1) is 15.0. The largest absolute Gasteiger partial charge is 0.485 e. The van der Waals surface area contributed by atoms with E-state index in [1.165, 1.54) is 11.8 Å². The van der Waals surface area contributed by atoms with Crippen LogP contribution in [0.1, 0.15) is 11.4 Å². The Hall–Kier alpha value is -3.03. The van der Waals surface area contributed by atoms with Gasteiger partial charge in [0.2, 0.25) is 5.91 Å². The van der Waals surface area contributed by atoms with E-state index in [9.17, 15) is 4.79 Å². The van der Waals surface area contributed by atoms with Gasteiger partial charge in [-0.2, -0.15) is 0 Å². The van der Waals surface area contributed by atoms with Crippen LogP contribution in [-0.2, 0) is 18.4 Å². The summed E-state index contributed by atoms with van der Waals surface area (Å²) < 4.78 is 7.84. The summed E-state index contributed by atoms with van der Waals surface area (Å²) in [5, 5.41) is 14.7. The van der Waals surface area contributed by atoms with Crippen LogP contribution in [0.3, 0.4) is 0 Å². The van der Waals surface area contributed by atoms with Crippen LogP contribution in [-0.4, -0.2) is 26.4 Å². The Labute approximate surface area is 189 Å². The zero-order chi connectivity index (χ0) is 21.8. The maximum atomic E-state index is 12.3. The molecule has 0 saturated heterocycles. The van der Waals surface area contributed by atoms with Gasteiger partial charge >= 0.3 is 0 Å². The molecule has 0 bridgehead atoms. The van der Waals surface area contributed by atoms with Crippen LogP contribution in [0.5, 0.6) is 5.75 Å². The molecular weight excluding hydrogens is 432 g/mol. The lowest BCUT2D eigenvalue weighted by atomic mass is 10.1. The van der Waals surface area contributed by atoms with Crippen LogP contribution in [0, 0.1) is 6.92 Å². The van der Waals surface area contributed by atoms with Crippen molar-refractivity contribution in [2.45, 2.75) is 18.7 Å². The van der Waals surface area contributed by atoms with Gasteiger partial charge in [-0.25, -0.2) is 0 Å². The van der Waals surface area contributed by atoms with Gasteiger partial charge in [-0.05, 0) is 36.1 Å². The third kappa shape index (κ3) is 5.00. The Morgan fingerprint density at radius 2 is 1.94 bits per heavy atom. The number of nitrogens with zero attached hydrogens (tertiary/aromatic N) is 3. The predicted molar refractivity (Wildman–Crippen MR) is 125 cm³/mol. The van der Waals surface area contributed by atoms with Crippen molar-refractivity contribution in [3.8, 4) is 5.75 Å². The first-order valence-corrected chi connectivity index (χ1v) is 11.1. The van der Waals surface area contributed by atoms with Gasteiger partial charge in [0.15, 0.2) is 11.0 Å². The summed E-state index contributed by atoms with van der Waals surface area (Å²) in [4.78, 5) is 12.3. The third-order valence-electron chi connectivity index (χ3n) is 4.82. The minimum Gasteiger partial charge on any atom is -0.485 e. The second kappa shape index (κ2) is 9.41. The minimum atomic E-state index is -0.138. The van der Waals surface area contributed by atoms with E-state index in [2.05, 4.69) is 27.6 Å². The number of hydrogen-bond acceptors (Lipinski definition) is 5. The lowest BCUT2D eigenvalue weighted by Crippen LogP contribution is -2.14. The van der Waals surface area contributed by atoms with Crippen molar-refractivity contribution < 1.29 is 9.53 Å². The summed E-state index contributed by atoms with van der Waals surface area (Å²) in [6, 6.07) is 19.5. The molecule has 0 aliphatic carbocycles. The summed E-state index contributed by atoms with van der Waals surface area (Å²) in [6.45, 7) is 2.20. The van der Waals surface area contributed by atoms with Gasteiger partial charge < -0.3 is 14.6 Å². The van der Waals surface area contributed by atoms with E-state index >= 15 is 0 Å². The van der Waals surface area contributed by atoms with Crippen molar-refractivity contribution in [2.24, 2.45) is 7.05 Å². The smallest absolute Gasteiger partial charge is 0.234 e. The average molecular weight is 453 g/mol. The number of thioether (sulfide) groups is 1. The number of carbonyl (C=O) groups excluding carboxylic acids is 1. The number of nitrogens with one attached hydrogen (secondary N) is 1. The molecule has 4 rings (SSSR count). The van der Waals surface area contributed by atoms with Crippen molar-refractivity contribution in [3.05, 3.63) is 77.1 Å². The number of amides is 1. The Morgan fingerprint density at radius 3 is 2.77 bits per heavy atom. The predicted octanol–water partition coefficient (Wildman–Crippen LogP) is 5.24. The number of fused-ring (bicyclic) bond motifs is 1. The van der Waals surface area contributed by atoms with E-state index < -0.39 is 0 Å². The number of rotatable bonds is 7. The zero-order valence-corrected chi connectivity index (χ0v) is 18.7. The van der Waals surface area contributed by atoms with Gasteiger partial charge in [-0.1, -0.05) is 65.8 Å². The van der Waals surface area contributed by atoms with Crippen LogP contribution >= 0.6 is 23.4 Å². The highest BCUT2D eigenvalue weighted by atomic mass is 35.5. The van der Waals surface area contributed by atoms with E-state index in [-0.39, 0.29) is 18.3 Å². The highest BCUT2D eigenvalue weighted by Gasteiger charge is 2.13. The van der Waals surface area contributed by atoms with E-state index in [0.29, 0.717) is 21.7 Å². The number of hydrogen-bond donors (Lipinski definition) is 1. The molecule has 8 heteroatoms. The molecule has 0 unspecified atom stereocenters. The maximum absolute atomic E-state index is 12.3. The van der Waals surface area contributed by atoms with Crippen LogP contribution in [0.4, 0.5) is 5.69 Å². The Balaban J connectivity index is 1.35. The maximum Gasteiger partial charge on any atom is 0.234 e. The molecule has 158 valence electrons. The Morgan fingerprint density at radius 1 is 1.13 bits per heavy atom. The minimum absolute atomic E-state index is 0.138. The van der Waals surface area contributed by atoms with Crippen molar-refractivity contribution >= 4 is 45.7 Å². The quantitative estimate of drug-likeness (QED) is 0.388. The van der Waals surface area contributed by atoms with Gasteiger partial charge in [0, 0.05) is 23.1 Å². The topological polar surface area (TPSA) is 69.0 Å². The first-order valence-electron chi connectivity index (χ1n) is 9.69. The standard InChI is InChI=1S/C23H21ClN4O2S/c1-15-10-11-17(12-19(15)24)25-22(29)14-31-23-27-26-21(28(23)2)13-30-20-9-5-7-16-6-3-4-8-18(16)20/h3-12H,13-14H2,1-2H3,(H,25,29). The molecule has 31 heavy (non-hydrogen) atoms. The summed E-state index contributed by atoms with van der Waals surface area (Å²) in [5.74, 6) is 1.55. The van der Waals surface area contributed by atoms with E-state index in [4.69, 9.17) is 16.3 Å². The van der Waals surface area contributed by atoms with Gasteiger partial charge in [-0.3, -0.25) is 4.79 Å². The van der Waals surface area contributed by atoms with E-state index in [0.717, 1.165) is 22.1 Å². The van der Waals surface area contributed by atoms with E-state index in [1.54, 1.807) is 6.07 Å². The van der Waals surface area contributed by atoms with Gasteiger partial charge in [-0.15, -0.1) is 10.2 Å². The molecule has 0 fully saturated rings. The normalized spacial score (nSPS) is 10.9. The zero-order valence-electron chi connectivity index (χ0n) is 17.1. The number of aromatic nitrogens is 3. The van der Waals surface area contributed by atoms with Crippen LogP contribution in [0.15, 0.2) is 65.8 Å². The summed E-state index contributed by atoms with van der Waals surface area (Å²) in [6.07, 6.45) is 0. The lowest BCUT2D eigenvalue weighted by Gasteiger charge is -2.09. The van der Waals surface area contributed by atoms with Crippen molar-refractivity contribution in [2.75, 3.05) is 11.1 Å². The lowest BCUT2D eigenvalue weighted by molar-refractivity contribution is -0.113. The fourth-order valence-corrected chi connectivity index (χ4v) is 3.97. The van der Waals surface area contributed by atoms with Crippen molar-refractivity contribution in [3.63, 3.8) is 0 Å². The van der Waals surface area contributed by atoms with Gasteiger partial charge in [0.1, 0.15) is 12.4 Å². The molecule has 0 aliphatic rings. The molecule has 0 aliphatic heterocycles. The van der Waals surface area contributed by atoms with Crippen LogP contribution in [0.2, 0.25) is 5.02 Å². The van der Waals surface area contributed by atoms with E-state index in [1.807, 2.05) is 61.0 Å². The average Bonchev–Trinajstić information content (AvgIpc) is 3.12. The second-order valence-corrected chi connectivity index (χ2v) is 8.37. The van der Waals surface area contributed by atoms with Crippen molar-refractivity contribution in [1.29, 1.82) is 0 Å². The number of anilines is 1. The molecule has 0 atom stereocenters. The molecule has 1 heterocycles. The van der Waals surface area contributed by atoms with Gasteiger partial charge in [0.05, 0.1) is 5.75 Å². The molecule has 3 aromatic carbocycles. The van der Waals surface area contributed by atoms with Crippen molar-refractivity contribution in [1.82, 2.24) is 14.8 Å². The highest BCUT2D eigenvalue weighted by Crippen LogP contribution is 2.26. The van der Waals surface area contributed by atoms with Crippen LogP contribution < -0.4 is 10.1 Å². The molecule has 6 nitrogen and oxygen atoms in total. The Bertz CT molecular complexity index is 1240. The molecule has 4 aromatic rings. The monoisotopic (exact) mass is 452 g/mol. The summed E-state index contributed by atoms with van der Waals surface area (Å²) in [5.41, 5.74) is 1.63. The number of carbonyl (C=O) groups is 1. The molecule has 0 saturated carbocycles. The Kier molecular flexibility index (Phi) is 6.44. The first kappa shape index (κ1) is 21.2. The second-order valence-electron chi connectivity index (χ2n) is 7.02. The molecule has 1 aromatic heterocycles. The number of aryl methyl sites for hydroxylation is 1. The fourth-order valence-electron chi connectivity index (χ4n) is 3.06. The molecule has 1 amide bonds. The fraction of sp³-hybridized carbons (Fsp3) is 0.174. The molecule has 0 spiro atoms. The van der Waals surface area contributed by atoms with Gasteiger partial charge in [0.25, 0.3) is 0 Å². The van der Waals surface area contributed by atoms with Crippen LogP contribution in [0.25, 0.3) is 10.8 Å². The molecular formula is C23H21ClN4O2S. The summed E-state index contributed by atoms with van der Waals surface area (Å²) >= 11 is 7.43. The SMILES string of the molecule is Cc1ccc(NC(=O)CSc2nnc(COc3cccc4ccccc34)n2C)cc1Cl. The highest BCUT2D eigenvalue weighted by molar-refractivity contribution is 7.99. The number of benzene rings is 3. The number of halogens is 1. The molecule has 1 N–H and O–H groups in total. The number of ether oxygens (including phenoxy) is 1.